The van der Waals surface area contributed by atoms with E-state index in [9.17, 15) is 4.79 Å². The third-order valence-electron chi connectivity index (χ3n) is 2.29. The molecule has 0 bridgehead atoms. The number of hydrogen-bond donors (Lipinski definition) is 0. The Hall–Kier alpha value is -0.900. The van der Waals surface area contributed by atoms with Crippen LogP contribution < -0.4 is 0 Å². The number of rotatable bonds is 1. The first-order chi connectivity index (χ1) is 6.18. The third kappa shape index (κ3) is 1.46. The molecule has 13 heavy (non-hydrogen) atoms. The lowest BCUT2D eigenvalue weighted by Gasteiger charge is -2.36. The molecule has 1 fully saturated rings. The number of aryl methyl sites for hydroxylation is 1. The topological polar surface area (TPSA) is 33.2 Å². The average Bonchev–Trinajstić information content (AvgIpc) is 2.44. The van der Waals surface area contributed by atoms with Gasteiger partial charge in [-0.05, 0) is 12.8 Å². The Morgan fingerprint density at radius 1 is 1.69 bits per heavy atom. The number of carbonyl (C=O) groups excluding carboxylic acids is 1. The van der Waals surface area contributed by atoms with Gasteiger partial charge in [0, 0.05) is 13.1 Å². The van der Waals surface area contributed by atoms with Crippen molar-refractivity contribution in [3.05, 3.63) is 16.1 Å². The Kier molecular flexibility index (Phi) is 2.07. The van der Waals surface area contributed by atoms with Crippen molar-refractivity contribution in [1.29, 1.82) is 0 Å². The molecule has 0 aromatic carbocycles. The largest absolute Gasteiger partial charge is 0.337 e. The van der Waals surface area contributed by atoms with Gasteiger partial charge in [-0.2, -0.15) is 0 Å². The van der Waals surface area contributed by atoms with Gasteiger partial charge in [0.25, 0.3) is 5.91 Å². The molecule has 1 aromatic heterocycles. The fourth-order valence-electron chi connectivity index (χ4n) is 1.52. The van der Waals surface area contributed by atoms with Crippen LogP contribution in [0.3, 0.4) is 0 Å². The number of thiazole rings is 1. The van der Waals surface area contributed by atoms with Crippen molar-refractivity contribution in [2.45, 2.75) is 13.8 Å². The van der Waals surface area contributed by atoms with Crippen molar-refractivity contribution in [3.63, 3.8) is 0 Å². The second-order valence-electron chi connectivity index (χ2n) is 3.58. The minimum Gasteiger partial charge on any atom is -0.337 e. The van der Waals surface area contributed by atoms with Crippen LogP contribution in [-0.2, 0) is 0 Å². The van der Waals surface area contributed by atoms with Crippen LogP contribution in [0.2, 0.25) is 0 Å². The van der Waals surface area contributed by atoms with Crippen LogP contribution in [-0.4, -0.2) is 28.9 Å². The van der Waals surface area contributed by atoms with Gasteiger partial charge in [-0.15, -0.1) is 11.3 Å². The number of hydrogen-bond acceptors (Lipinski definition) is 3. The summed E-state index contributed by atoms with van der Waals surface area (Å²) in [5, 5.41) is 0. The molecule has 0 atom stereocenters. The van der Waals surface area contributed by atoms with E-state index in [1.807, 2.05) is 11.8 Å². The summed E-state index contributed by atoms with van der Waals surface area (Å²) in [6.45, 7) is 5.84. The van der Waals surface area contributed by atoms with Crippen molar-refractivity contribution in [2.75, 3.05) is 13.1 Å². The van der Waals surface area contributed by atoms with Gasteiger partial charge in [0.05, 0.1) is 11.2 Å². The predicted octanol–water partition coefficient (Wildman–Crippen LogP) is 1.54. The summed E-state index contributed by atoms with van der Waals surface area (Å²) in [5.41, 5.74) is 2.58. The van der Waals surface area contributed by atoms with Gasteiger partial charge in [-0.25, -0.2) is 4.98 Å². The Bertz CT molecular complexity index is 328. The van der Waals surface area contributed by atoms with Crippen molar-refractivity contribution >= 4 is 17.2 Å². The summed E-state index contributed by atoms with van der Waals surface area (Å²) in [4.78, 5) is 18.5. The standard InChI is InChI=1S/C9H12N2OS/c1-6-3-11(4-6)9(12)8-7(2)10-5-13-8/h5-6H,3-4H2,1-2H3. The molecule has 0 spiro atoms. The molecule has 4 heteroatoms. The minimum absolute atomic E-state index is 0.151. The maximum Gasteiger partial charge on any atom is 0.265 e. The highest BCUT2D eigenvalue weighted by atomic mass is 32.1. The molecule has 70 valence electrons. The van der Waals surface area contributed by atoms with Crippen LogP contribution in [0.1, 0.15) is 22.3 Å². The van der Waals surface area contributed by atoms with E-state index < -0.39 is 0 Å². The molecule has 2 rings (SSSR count). The predicted molar refractivity (Wildman–Crippen MR) is 51.9 cm³/mol. The second kappa shape index (κ2) is 3.10. The van der Waals surface area contributed by atoms with Crippen LogP contribution in [0.5, 0.6) is 0 Å². The van der Waals surface area contributed by atoms with E-state index >= 15 is 0 Å². The Labute approximate surface area is 81.4 Å². The molecule has 0 unspecified atom stereocenters. The lowest BCUT2D eigenvalue weighted by Crippen LogP contribution is -2.48. The molecule has 3 nitrogen and oxygen atoms in total. The lowest BCUT2D eigenvalue weighted by molar-refractivity contribution is 0.0534. The fraction of sp³-hybridized carbons (Fsp3) is 0.556. The molecular weight excluding hydrogens is 184 g/mol. The third-order valence-corrected chi connectivity index (χ3v) is 3.21. The summed E-state index contributed by atoms with van der Waals surface area (Å²) < 4.78 is 0. The lowest BCUT2D eigenvalue weighted by atomic mass is 10.0. The van der Waals surface area contributed by atoms with E-state index in [4.69, 9.17) is 0 Å². The van der Waals surface area contributed by atoms with Gasteiger partial charge in [0.15, 0.2) is 0 Å². The highest BCUT2D eigenvalue weighted by Crippen LogP contribution is 2.21. The van der Waals surface area contributed by atoms with Crippen molar-refractivity contribution in [1.82, 2.24) is 9.88 Å². The van der Waals surface area contributed by atoms with Crippen LogP contribution in [0.15, 0.2) is 5.51 Å². The molecule has 1 aliphatic rings. The van der Waals surface area contributed by atoms with Gasteiger partial charge >= 0.3 is 0 Å². The summed E-state index contributed by atoms with van der Waals surface area (Å²) in [7, 11) is 0. The van der Waals surface area contributed by atoms with Crippen LogP contribution in [0, 0.1) is 12.8 Å². The zero-order valence-electron chi connectivity index (χ0n) is 7.78. The van der Waals surface area contributed by atoms with Crippen LogP contribution in [0.4, 0.5) is 0 Å². The minimum atomic E-state index is 0.151. The van der Waals surface area contributed by atoms with Gasteiger partial charge in [0.2, 0.25) is 0 Å². The molecule has 1 amide bonds. The number of carbonyl (C=O) groups is 1. The van der Waals surface area contributed by atoms with Gasteiger partial charge in [-0.1, -0.05) is 6.92 Å². The number of likely N-dealkylation sites (tertiary alicyclic amines) is 1. The summed E-state index contributed by atoms with van der Waals surface area (Å²) >= 11 is 1.43. The van der Waals surface area contributed by atoms with E-state index in [0.717, 1.165) is 23.7 Å². The number of amides is 1. The SMILES string of the molecule is Cc1ncsc1C(=O)N1CC(C)C1. The normalized spacial score (nSPS) is 17.2. The number of nitrogens with zero attached hydrogens (tertiary/aromatic N) is 2. The Morgan fingerprint density at radius 2 is 2.38 bits per heavy atom. The average molecular weight is 196 g/mol. The van der Waals surface area contributed by atoms with Crippen LogP contribution in [0.25, 0.3) is 0 Å². The zero-order valence-corrected chi connectivity index (χ0v) is 8.60. The first kappa shape index (κ1) is 8.69. The molecule has 0 radical (unpaired) electrons. The molecule has 0 saturated carbocycles. The van der Waals surface area contributed by atoms with Gasteiger partial charge in [0.1, 0.15) is 4.88 Å². The zero-order chi connectivity index (χ0) is 9.42. The molecule has 1 aromatic rings. The quantitative estimate of drug-likeness (QED) is 0.682. The Morgan fingerprint density at radius 3 is 2.85 bits per heavy atom. The first-order valence-electron chi connectivity index (χ1n) is 4.38. The van der Waals surface area contributed by atoms with E-state index in [0.29, 0.717) is 5.92 Å². The highest BCUT2D eigenvalue weighted by molar-refractivity contribution is 7.11. The van der Waals surface area contributed by atoms with Crippen molar-refractivity contribution in [2.24, 2.45) is 5.92 Å². The molecule has 0 aliphatic carbocycles. The van der Waals surface area contributed by atoms with E-state index in [2.05, 4.69) is 11.9 Å². The highest BCUT2D eigenvalue weighted by Gasteiger charge is 2.29. The maximum atomic E-state index is 11.8. The molecule has 2 heterocycles. The van der Waals surface area contributed by atoms with E-state index in [-0.39, 0.29) is 5.91 Å². The van der Waals surface area contributed by atoms with Crippen LogP contribution >= 0.6 is 11.3 Å². The molecule has 1 saturated heterocycles. The van der Waals surface area contributed by atoms with E-state index in [1.54, 1.807) is 5.51 Å². The summed E-state index contributed by atoms with van der Waals surface area (Å²) in [5.74, 6) is 0.815. The first-order valence-corrected chi connectivity index (χ1v) is 5.26. The smallest absolute Gasteiger partial charge is 0.265 e. The molecule has 0 N–H and O–H groups in total. The van der Waals surface area contributed by atoms with Crippen molar-refractivity contribution in [3.8, 4) is 0 Å². The van der Waals surface area contributed by atoms with Gasteiger partial charge < -0.3 is 4.90 Å². The maximum absolute atomic E-state index is 11.8. The Balaban J connectivity index is 2.10. The summed E-state index contributed by atoms with van der Waals surface area (Å²) in [6, 6.07) is 0. The second-order valence-corrected chi connectivity index (χ2v) is 4.44. The van der Waals surface area contributed by atoms with E-state index in [1.165, 1.54) is 11.3 Å². The number of aromatic nitrogens is 1. The van der Waals surface area contributed by atoms with Crippen molar-refractivity contribution < 1.29 is 4.79 Å². The summed E-state index contributed by atoms with van der Waals surface area (Å²) in [6.07, 6.45) is 0. The fourth-order valence-corrected chi connectivity index (χ4v) is 2.28. The van der Waals surface area contributed by atoms with Gasteiger partial charge in [-0.3, -0.25) is 4.79 Å². The monoisotopic (exact) mass is 196 g/mol. The molecular formula is C9H12N2OS. The molecule has 1 aliphatic heterocycles.